The molecule has 0 fully saturated rings. The summed E-state index contributed by atoms with van der Waals surface area (Å²) in [6.45, 7) is -1.39. The van der Waals surface area contributed by atoms with Crippen LogP contribution in [0.25, 0.3) is 10.9 Å². The van der Waals surface area contributed by atoms with E-state index in [1.807, 2.05) is 0 Å². The Hall–Kier alpha value is -2.96. The lowest BCUT2D eigenvalue weighted by Gasteiger charge is -2.18. The number of hydrogen-bond acceptors (Lipinski definition) is 5. The molecule has 3 aromatic rings. The van der Waals surface area contributed by atoms with Crippen molar-refractivity contribution in [2.45, 2.75) is 20.5 Å². The number of carbonyl (C=O) groups is 1. The molecule has 0 amide bonds. The molecular weight excluding hydrogens is 449 g/mol. The summed E-state index contributed by atoms with van der Waals surface area (Å²) < 4.78 is 50.2. The van der Waals surface area contributed by atoms with E-state index >= 15 is 0 Å². The Morgan fingerprint density at radius 2 is 1.94 bits per heavy atom. The molecule has 0 spiro atoms. The molecule has 6 nitrogen and oxygen atoms in total. The van der Waals surface area contributed by atoms with Gasteiger partial charge in [0.1, 0.15) is 29.7 Å². The zero-order valence-electron chi connectivity index (χ0n) is 16.6. The first-order valence-corrected chi connectivity index (χ1v) is 11.6. The van der Waals surface area contributed by atoms with Crippen LogP contribution in [0.3, 0.4) is 0 Å². The predicted octanol–water partition coefficient (Wildman–Crippen LogP) is 5.87. The van der Waals surface area contributed by atoms with Crippen molar-refractivity contribution in [3.63, 3.8) is 0 Å². The van der Waals surface area contributed by atoms with Gasteiger partial charge in [-0.25, -0.2) is 18.1 Å². The van der Waals surface area contributed by atoms with E-state index in [0.29, 0.717) is 22.5 Å². The molecule has 1 aromatic heterocycles. The molecule has 2 aromatic carbocycles. The average Bonchev–Trinajstić information content (AvgIpc) is 2.71. The van der Waals surface area contributed by atoms with Crippen LogP contribution in [0.15, 0.2) is 66.0 Å². The minimum absolute atomic E-state index is 0.0172. The van der Waals surface area contributed by atoms with E-state index in [2.05, 4.69) is 10.1 Å². The van der Waals surface area contributed by atoms with Crippen molar-refractivity contribution in [2.75, 3.05) is 0 Å². The zero-order chi connectivity index (χ0) is 22.6. The van der Waals surface area contributed by atoms with Gasteiger partial charge in [-0.1, -0.05) is 6.07 Å². The van der Waals surface area contributed by atoms with Crippen LogP contribution in [-0.2, 0) is 20.7 Å². The van der Waals surface area contributed by atoms with Gasteiger partial charge in [0.25, 0.3) is 0 Å². The molecule has 1 atom stereocenters. The third kappa shape index (κ3) is 5.81. The van der Waals surface area contributed by atoms with E-state index in [1.54, 1.807) is 50.4 Å². The lowest BCUT2D eigenvalue weighted by atomic mass is 10.2. The molecule has 1 N–H and O–H groups in total. The minimum atomic E-state index is -4.08. The SMILES string of the molecule is CC(C)=C(NP(=O)(Cl)Oc1cccc2ncccc12)C(=O)OCc1ccc(F)cc1F. The number of ether oxygens (including phenoxy) is 1. The fourth-order valence-electron chi connectivity index (χ4n) is 2.65. The first-order valence-electron chi connectivity index (χ1n) is 9.06. The van der Waals surface area contributed by atoms with Crippen LogP contribution >= 0.6 is 18.1 Å². The Bertz CT molecular complexity index is 1210. The molecule has 1 unspecified atom stereocenters. The van der Waals surface area contributed by atoms with Gasteiger partial charge >= 0.3 is 12.8 Å². The van der Waals surface area contributed by atoms with Gasteiger partial charge in [0.05, 0.1) is 5.52 Å². The summed E-state index contributed by atoms with van der Waals surface area (Å²) in [5, 5.41) is 2.98. The summed E-state index contributed by atoms with van der Waals surface area (Å²) in [7, 11) is 0. The number of benzene rings is 2. The van der Waals surface area contributed by atoms with Crippen molar-refractivity contribution in [1.82, 2.24) is 10.1 Å². The number of fused-ring (bicyclic) bond motifs is 1. The topological polar surface area (TPSA) is 77.5 Å². The summed E-state index contributed by atoms with van der Waals surface area (Å²) >= 11 is 6.07. The van der Waals surface area contributed by atoms with Crippen LogP contribution < -0.4 is 9.61 Å². The quantitative estimate of drug-likeness (QED) is 0.267. The molecule has 3 rings (SSSR count). The van der Waals surface area contributed by atoms with Crippen LogP contribution in [0.1, 0.15) is 19.4 Å². The van der Waals surface area contributed by atoms with Crippen molar-refractivity contribution < 1.29 is 27.4 Å². The molecule has 0 bridgehead atoms. The Morgan fingerprint density at radius 3 is 2.65 bits per heavy atom. The monoisotopic (exact) mass is 466 g/mol. The molecule has 1 heterocycles. The average molecular weight is 467 g/mol. The third-order valence-electron chi connectivity index (χ3n) is 4.14. The standard InChI is InChI=1S/C21H18ClF2N2O4P/c1-13(2)20(21(27)29-12-14-8-9-15(23)11-17(14)24)26-31(22,28)30-19-7-3-6-18-16(19)5-4-10-25-18/h3-11H,12H2,1-2H3,(H,26,28). The normalized spacial score (nSPS) is 12.7. The third-order valence-corrected chi connectivity index (χ3v) is 5.53. The number of esters is 1. The Kier molecular flexibility index (Phi) is 6.93. The smallest absolute Gasteiger partial charge is 0.435 e. The fourth-order valence-corrected chi connectivity index (χ4v) is 4.17. The molecule has 0 saturated heterocycles. The van der Waals surface area contributed by atoms with Crippen molar-refractivity contribution in [1.29, 1.82) is 0 Å². The number of aromatic nitrogens is 1. The lowest BCUT2D eigenvalue weighted by Crippen LogP contribution is -2.22. The molecule has 0 radical (unpaired) electrons. The van der Waals surface area contributed by atoms with Gasteiger partial charge in [0.2, 0.25) is 0 Å². The van der Waals surface area contributed by atoms with Crippen LogP contribution in [-0.4, -0.2) is 11.0 Å². The van der Waals surface area contributed by atoms with E-state index < -0.39 is 31.1 Å². The summed E-state index contributed by atoms with van der Waals surface area (Å²) in [6.07, 6.45) is 1.60. The number of rotatable bonds is 7. The maximum atomic E-state index is 13.8. The lowest BCUT2D eigenvalue weighted by molar-refractivity contribution is -0.140. The highest BCUT2D eigenvalue weighted by Crippen LogP contribution is 2.50. The number of allylic oxidation sites excluding steroid dienone is 1. The summed E-state index contributed by atoms with van der Waals surface area (Å²) in [6, 6.07) is 11.3. The van der Waals surface area contributed by atoms with Gasteiger partial charge in [-0.15, -0.1) is 0 Å². The molecule has 0 aliphatic rings. The molecule has 0 aliphatic heterocycles. The first kappa shape index (κ1) is 22.7. The summed E-state index contributed by atoms with van der Waals surface area (Å²) in [4.78, 5) is 16.7. The maximum absolute atomic E-state index is 13.8. The van der Waals surface area contributed by atoms with Crippen LogP contribution in [0.2, 0.25) is 0 Å². The predicted molar refractivity (Wildman–Crippen MR) is 113 cm³/mol. The zero-order valence-corrected chi connectivity index (χ0v) is 18.2. The highest BCUT2D eigenvalue weighted by Gasteiger charge is 2.28. The van der Waals surface area contributed by atoms with Gasteiger partial charge in [-0.3, -0.25) is 10.1 Å². The molecule has 10 heteroatoms. The van der Waals surface area contributed by atoms with Gasteiger partial charge in [0, 0.05) is 34.5 Å². The van der Waals surface area contributed by atoms with Crippen molar-refractivity contribution >= 4 is 35.0 Å². The highest BCUT2D eigenvalue weighted by atomic mass is 35.7. The second-order valence-electron chi connectivity index (χ2n) is 6.70. The number of halogens is 3. The van der Waals surface area contributed by atoms with Gasteiger partial charge < -0.3 is 9.26 Å². The van der Waals surface area contributed by atoms with E-state index in [9.17, 15) is 18.1 Å². The Morgan fingerprint density at radius 1 is 1.16 bits per heavy atom. The second kappa shape index (κ2) is 9.45. The molecule has 31 heavy (non-hydrogen) atoms. The van der Waals surface area contributed by atoms with Crippen LogP contribution in [0, 0.1) is 11.6 Å². The van der Waals surface area contributed by atoms with E-state index in [0.717, 1.165) is 12.1 Å². The largest absolute Gasteiger partial charge is 0.456 e. The van der Waals surface area contributed by atoms with E-state index in [1.165, 1.54) is 0 Å². The molecule has 0 aliphatic carbocycles. The van der Waals surface area contributed by atoms with Gasteiger partial charge in [0.15, 0.2) is 0 Å². The summed E-state index contributed by atoms with van der Waals surface area (Å²) in [5.74, 6) is -2.31. The van der Waals surface area contributed by atoms with Crippen molar-refractivity contribution in [3.8, 4) is 5.75 Å². The highest BCUT2D eigenvalue weighted by molar-refractivity contribution is 7.84. The van der Waals surface area contributed by atoms with Crippen LogP contribution in [0.5, 0.6) is 5.75 Å². The second-order valence-corrected chi connectivity index (χ2v) is 9.40. The van der Waals surface area contributed by atoms with Crippen molar-refractivity contribution in [3.05, 3.63) is 83.2 Å². The molecule has 0 saturated carbocycles. The fraction of sp³-hybridized carbons (Fsp3) is 0.143. The number of carbonyl (C=O) groups excluding carboxylic acids is 1. The van der Waals surface area contributed by atoms with E-state index in [4.69, 9.17) is 20.5 Å². The number of pyridine rings is 1. The van der Waals surface area contributed by atoms with Gasteiger partial charge in [-0.2, -0.15) is 0 Å². The summed E-state index contributed by atoms with van der Waals surface area (Å²) in [5.41, 5.74) is 0.809. The molecular formula is C21H18ClF2N2O4P. The first-order chi connectivity index (χ1) is 14.7. The molecule has 162 valence electrons. The van der Waals surface area contributed by atoms with Gasteiger partial charge in [-0.05, 0) is 55.8 Å². The Balaban J connectivity index is 1.74. The Labute approximate surface area is 182 Å². The number of hydrogen-bond donors (Lipinski definition) is 1. The maximum Gasteiger partial charge on any atom is 0.435 e. The number of nitrogens with one attached hydrogen (secondary N) is 1. The van der Waals surface area contributed by atoms with Crippen LogP contribution in [0.4, 0.5) is 8.78 Å². The minimum Gasteiger partial charge on any atom is -0.456 e. The number of nitrogens with zero attached hydrogens (tertiary/aromatic N) is 1. The van der Waals surface area contributed by atoms with Crippen molar-refractivity contribution in [2.24, 2.45) is 0 Å². The van der Waals surface area contributed by atoms with E-state index in [-0.39, 0.29) is 17.0 Å².